The summed E-state index contributed by atoms with van der Waals surface area (Å²) in [5.74, 6) is 0. The lowest BCUT2D eigenvalue weighted by molar-refractivity contribution is 0.0956. The minimum atomic E-state index is -0.828. The van der Waals surface area contributed by atoms with Crippen molar-refractivity contribution in [3.63, 3.8) is 0 Å². The fraction of sp³-hybridized carbons (Fsp3) is 0.0769. The summed E-state index contributed by atoms with van der Waals surface area (Å²) in [4.78, 5) is 0. The van der Waals surface area contributed by atoms with Crippen molar-refractivity contribution in [2.45, 2.75) is 12.3 Å². The third kappa shape index (κ3) is 2.75. The van der Waals surface area contributed by atoms with Crippen molar-refractivity contribution in [3.05, 3.63) is 109 Å². The highest BCUT2D eigenvalue weighted by molar-refractivity contribution is 6.08. The van der Waals surface area contributed by atoms with Crippen molar-refractivity contribution < 1.29 is 5.11 Å². The van der Waals surface area contributed by atoms with Gasteiger partial charge in [0.25, 0.3) is 0 Å². The molecule has 31 heavy (non-hydrogen) atoms. The van der Waals surface area contributed by atoms with Crippen LogP contribution in [0.15, 0.2) is 103 Å². The molecule has 0 fully saturated rings. The van der Waals surface area contributed by atoms with Gasteiger partial charge in [0.1, 0.15) is 11.6 Å². The van der Waals surface area contributed by atoms with E-state index in [1.807, 2.05) is 83.5 Å². The molecule has 0 aliphatic carbocycles. The fourth-order valence-electron chi connectivity index (χ4n) is 4.53. The number of hydrogen-bond acceptors (Lipinski definition) is 3. The van der Waals surface area contributed by atoms with Crippen molar-refractivity contribution >= 4 is 32.8 Å². The third-order valence-electron chi connectivity index (χ3n) is 5.93. The van der Waals surface area contributed by atoms with Crippen LogP contribution in [-0.4, -0.2) is 24.7 Å². The van der Waals surface area contributed by atoms with Gasteiger partial charge < -0.3 is 9.67 Å². The van der Waals surface area contributed by atoms with E-state index in [0.29, 0.717) is 0 Å². The van der Waals surface area contributed by atoms with E-state index in [0.717, 1.165) is 38.4 Å². The molecule has 4 aromatic carbocycles. The number of rotatable bonds is 4. The largest absolute Gasteiger partial charge is 0.384 e. The van der Waals surface area contributed by atoms with Gasteiger partial charge in [-0.3, -0.25) is 0 Å². The van der Waals surface area contributed by atoms with Crippen LogP contribution < -0.4 is 0 Å². The van der Waals surface area contributed by atoms with Gasteiger partial charge in [-0.1, -0.05) is 84.1 Å². The van der Waals surface area contributed by atoms with Gasteiger partial charge in [0.05, 0.1) is 16.6 Å². The molecular weight excluding hydrogens is 384 g/mol. The molecule has 0 aliphatic heterocycles. The Morgan fingerprint density at radius 3 is 1.84 bits per heavy atom. The van der Waals surface area contributed by atoms with Crippen molar-refractivity contribution in [1.82, 2.24) is 19.6 Å². The summed E-state index contributed by atoms with van der Waals surface area (Å²) in [6, 6.07) is 34.2. The van der Waals surface area contributed by atoms with E-state index in [4.69, 9.17) is 0 Å². The van der Waals surface area contributed by atoms with E-state index in [1.54, 1.807) is 0 Å². The molecule has 2 aromatic heterocycles. The van der Waals surface area contributed by atoms with E-state index in [-0.39, 0.29) is 0 Å². The summed E-state index contributed by atoms with van der Waals surface area (Å²) in [5.41, 5.74) is 4.60. The van der Waals surface area contributed by atoms with E-state index in [2.05, 4.69) is 39.1 Å². The smallest absolute Gasteiger partial charge is 0.160 e. The van der Waals surface area contributed by atoms with Crippen LogP contribution in [0.4, 0.5) is 0 Å². The van der Waals surface area contributed by atoms with Gasteiger partial charge in [0.2, 0.25) is 0 Å². The molecule has 6 rings (SSSR count). The summed E-state index contributed by atoms with van der Waals surface area (Å²) >= 11 is 0. The summed E-state index contributed by atoms with van der Waals surface area (Å²) in [7, 11) is 0. The maximum absolute atomic E-state index is 11.7. The molecule has 2 heterocycles. The normalized spacial score (nSPS) is 13.7. The average molecular weight is 404 g/mol. The zero-order valence-electron chi connectivity index (χ0n) is 16.7. The predicted octanol–water partition coefficient (Wildman–Crippen LogP) is 5.32. The average Bonchev–Trinajstić information content (AvgIpc) is 3.40. The summed E-state index contributed by atoms with van der Waals surface area (Å²) < 4.78 is 4.02. The van der Waals surface area contributed by atoms with E-state index in [9.17, 15) is 5.11 Å². The minimum absolute atomic E-state index is 0.514. The number of fused-ring (bicyclic) bond motifs is 4. The second-order valence-electron chi connectivity index (χ2n) is 7.70. The lowest BCUT2D eigenvalue weighted by Crippen LogP contribution is -2.26. The molecular formula is C26H20N4O. The molecule has 0 aliphatic rings. The van der Waals surface area contributed by atoms with Crippen LogP contribution >= 0.6 is 0 Å². The van der Waals surface area contributed by atoms with Crippen LogP contribution in [0.3, 0.4) is 0 Å². The summed E-state index contributed by atoms with van der Waals surface area (Å²) in [6.07, 6.45) is -1.34. The van der Waals surface area contributed by atoms with Gasteiger partial charge in [-0.05, 0) is 29.8 Å². The van der Waals surface area contributed by atoms with Gasteiger partial charge in [-0.25, -0.2) is 4.68 Å². The first-order valence-electron chi connectivity index (χ1n) is 10.3. The standard InChI is InChI=1S/C26H20N4O/c31-25(18-10-2-1-3-11-18)26(30-24-17-9-6-14-21(24)27-28-30)29-22-15-7-4-12-19(22)20-13-5-8-16-23(20)29/h1-17,25-26,31H. The number of aliphatic hydroxyl groups excluding tert-OH is 1. The summed E-state index contributed by atoms with van der Waals surface area (Å²) in [6.45, 7) is 0. The maximum Gasteiger partial charge on any atom is 0.160 e. The first-order chi connectivity index (χ1) is 15.3. The molecule has 0 amide bonds. The second-order valence-corrected chi connectivity index (χ2v) is 7.70. The highest BCUT2D eigenvalue weighted by Gasteiger charge is 2.30. The molecule has 150 valence electrons. The van der Waals surface area contributed by atoms with Crippen LogP contribution in [0, 0.1) is 0 Å². The fourth-order valence-corrected chi connectivity index (χ4v) is 4.53. The number of benzene rings is 4. The Labute approximate surface area is 178 Å². The van der Waals surface area contributed by atoms with Gasteiger partial charge in [-0.2, -0.15) is 0 Å². The molecule has 6 aromatic rings. The predicted molar refractivity (Wildman–Crippen MR) is 123 cm³/mol. The first kappa shape index (κ1) is 17.9. The lowest BCUT2D eigenvalue weighted by atomic mass is 10.1. The molecule has 0 spiro atoms. The highest BCUT2D eigenvalue weighted by atomic mass is 16.3. The Balaban J connectivity index is 1.71. The molecule has 5 nitrogen and oxygen atoms in total. The molecule has 0 saturated carbocycles. The molecule has 2 atom stereocenters. The highest BCUT2D eigenvalue weighted by Crippen LogP contribution is 2.38. The molecule has 5 heteroatoms. The van der Waals surface area contributed by atoms with E-state index in [1.165, 1.54) is 0 Å². The summed E-state index contributed by atoms with van der Waals surface area (Å²) in [5, 5.41) is 22.9. The Morgan fingerprint density at radius 1 is 0.613 bits per heavy atom. The van der Waals surface area contributed by atoms with Gasteiger partial charge >= 0.3 is 0 Å². The number of para-hydroxylation sites is 3. The van der Waals surface area contributed by atoms with Crippen molar-refractivity contribution in [2.75, 3.05) is 0 Å². The number of hydrogen-bond donors (Lipinski definition) is 1. The Bertz CT molecular complexity index is 1460. The Kier molecular flexibility index (Phi) is 4.08. The van der Waals surface area contributed by atoms with Gasteiger partial charge in [0, 0.05) is 10.8 Å². The molecule has 0 bridgehead atoms. The van der Waals surface area contributed by atoms with Crippen LogP contribution in [0.5, 0.6) is 0 Å². The van der Waals surface area contributed by atoms with Crippen LogP contribution in [0.1, 0.15) is 17.8 Å². The lowest BCUT2D eigenvalue weighted by Gasteiger charge is -2.27. The van der Waals surface area contributed by atoms with Gasteiger partial charge in [0.15, 0.2) is 6.17 Å². The molecule has 2 unspecified atom stereocenters. The van der Waals surface area contributed by atoms with E-state index >= 15 is 0 Å². The number of nitrogens with zero attached hydrogens (tertiary/aromatic N) is 4. The SMILES string of the molecule is OC(c1ccccc1)C(n1nnc2ccccc21)n1c2ccccc2c2ccccc21. The zero-order chi connectivity index (χ0) is 20.8. The van der Waals surface area contributed by atoms with Crippen LogP contribution in [0.2, 0.25) is 0 Å². The zero-order valence-corrected chi connectivity index (χ0v) is 16.7. The molecule has 1 N–H and O–H groups in total. The second kappa shape index (κ2) is 7.07. The first-order valence-corrected chi connectivity index (χ1v) is 10.3. The van der Waals surface area contributed by atoms with Crippen molar-refractivity contribution in [3.8, 4) is 0 Å². The number of aromatic nitrogens is 4. The minimum Gasteiger partial charge on any atom is -0.384 e. The Hall–Kier alpha value is -3.96. The monoisotopic (exact) mass is 404 g/mol. The van der Waals surface area contributed by atoms with Crippen LogP contribution in [-0.2, 0) is 0 Å². The van der Waals surface area contributed by atoms with E-state index < -0.39 is 12.3 Å². The quantitative estimate of drug-likeness (QED) is 0.433. The Morgan fingerprint density at radius 2 is 1.16 bits per heavy atom. The van der Waals surface area contributed by atoms with Crippen LogP contribution in [0.25, 0.3) is 32.8 Å². The van der Waals surface area contributed by atoms with Crippen molar-refractivity contribution in [1.29, 1.82) is 0 Å². The van der Waals surface area contributed by atoms with Crippen molar-refractivity contribution in [2.24, 2.45) is 0 Å². The molecule has 0 saturated heterocycles. The topological polar surface area (TPSA) is 55.9 Å². The maximum atomic E-state index is 11.7. The third-order valence-corrected chi connectivity index (χ3v) is 5.93. The molecule has 0 radical (unpaired) electrons. The number of aliphatic hydroxyl groups is 1. The van der Waals surface area contributed by atoms with Gasteiger partial charge in [-0.15, -0.1) is 5.10 Å².